The quantitative estimate of drug-likeness (QED) is 0.338. The smallest absolute Gasteiger partial charge is 0.336 e. The Labute approximate surface area is 99.8 Å². The fourth-order valence-electron chi connectivity index (χ4n) is 1.23. The highest BCUT2D eigenvalue weighted by atomic mass is 16.7. The number of ether oxygens (including phenoxy) is 3. The van der Waals surface area contributed by atoms with E-state index < -0.39 is 12.3 Å². The van der Waals surface area contributed by atoms with Gasteiger partial charge in [0.2, 0.25) is 0 Å². The van der Waals surface area contributed by atoms with Crippen LogP contribution in [0, 0.1) is 0 Å². The van der Waals surface area contributed by atoms with Gasteiger partial charge in [0.25, 0.3) is 6.29 Å². The fourth-order valence-corrected chi connectivity index (χ4v) is 1.23. The molecule has 1 aliphatic rings. The van der Waals surface area contributed by atoms with Crippen LogP contribution in [-0.2, 0) is 14.3 Å². The van der Waals surface area contributed by atoms with Crippen molar-refractivity contribution in [3.63, 3.8) is 0 Å². The lowest BCUT2D eigenvalue weighted by Gasteiger charge is -2.17. The predicted octanol–water partition coefficient (Wildman–Crippen LogP) is 1.91. The molecule has 4 heteroatoms. The predicted molar refractivity (Wildman–Crippen MR) is 61.5 cm³/mol. The number of hydrogen-bond donors (Lipinski definition) is 0. The molecule has 0 spiro atoms. The fraction of sp³-hybridized carbons (Fsp3) is 0.308. The minimum absolute atomic E-state index is 0.182. The number of benzene rings is 1. The highest BCUT2D eigenvalue weighted by molar-refractivity contribution is 5.87. The van der Waals surface area contributed by atoms with Crippen molar-refractivity contribution in [1.82, 2.24) is 0 Å². The summed E-state index contributed by atoms with van der Waals surface area (Å²) in [6, 6.07) is 9.17. The minimum atomic E-state index is -0.707. The van der Waals surface area contributed by atoms with Crippen molar-refractivity contribution in [2.75, 3.05) is 6.61 Å². The number of carbonyl (C=O) groups is 1. The maximum atomic E-state index is 11.4. The lowest BCUT2D eigenvalue weighted by Crippen LogP contribution is -2.30. The maximum absolute atomic E-state index is 11.4. The lowest BCUT2D eigenvalue weighted by atomic mass is 10.3. The van der Waals surface area contributed by atoms with Gasteiger partial charge < -0.3 is 14.2 Å². The van der Waals surface area contributed by atoms with E-state index >= 15 is 0 Å². The molecule has 90 valence electrons. The summed E-state index contributed by atoms with van der Waals surface area (Å²) in [6.45, 7) is 5.66. The van der Waals surface area contributed by atoms with Gasteiger partial charge in [-0.2, -0.15) is 0 Å². The van der Waals surface area contributed by atoms with E-state index in [1.165, 1.54) is 0 Å². The molecule has 17 heavy (non-hydrogen) atoms. The Bertz CT molecular complexity index is 409. The number of epoxide rings is 1. The van der Waals surface area contributed by atoms with Crippen molar-refractivity contribution >= 4 is 5.97 Å². The van der Waals surface area contributed by atoms with Crippen LogP contribution in [0.5, 0.6) is 5.75 Å². The van der Waals surface area contributed by atoms with E-state index in [9.17, 15) is 4.79 Å². The van der Waals surface area contributed by atoms with Crippen LogP contribution >= 0.6 is 0 Å². The standard InChI is InChI=1S/C13H14O4/c1-9(2)12(14)17-13(11-8-15-11)16-10-6-4-3-5-7-10/h3-7,11,13H,1,8H2,2H3. The van der Waals surface area contributed by atoms with Crippen LogP contribution in [0.15, 0.2) is 42.5 Å². The molecule has 1 aromatic carbocycles. The molecule has 1 fully saturated rings. The lowest BCUT2D eigenvalue weighted by molar-refractivity contribution is -0.161. The molecule has 2 unspecified atom stereocenters. The highest BCUT2D eigenvalue weighted by Gasteiger charge is 2.37. The molecule has 2 atom stereocenters. The summed E-state index contributed by atoms with van der Waals surface area (Å²) in [7, 11) is 0. The monoisotopic (exact) mass is 234 g/mol. The molecular weight excluding hydrogens is 220 g/mol. The average molecular weight is 234 g/mol. The number of carbonyl (C=O) groups excluding carboxylic acids is 1. The van der Waals surface area contributed by atoms with Gasteiger partial charge in [-0.05, 0) is 19.1 Å². The van der Waals surface area contributed by atoms with Crippen LogP contribution in [0.2, 0.25) is 0 Å². The van der Waals surface area contributed by atoms with Gasteiger partial charge in [-0.1, -0.05) is 24.8 Å². The summed E-state index contributed by atoms with van der Waals surface area (Å²) in [5.41, 5.74) is 0.340. The van der Waals surface area contributed by atoms with E-state index in [1.54, 1.807) is 19.1 Å². The zero-order chi connectivity index (χ0) is 12.3. The number of para-hydroxylation sites is 1. The minimum Gasteiger partial charge on any atom is -0.452 e. The molecule has 0 radical (unpaired) electrons. The van der Waals surface area contributed by atoms with Gasteiger partial charge in [0.15, 0.2) is 6.10 Å². The Balaban J connectivity index is 1.98. The molecule has 0 N–H and O–H groups in total. The summed E-state index contributed by atoms with van der Waals surface area (Å²) in [5, 5.41) is 0. The molecule has 0 bridgehead atoms. The maximum Gasteiger partial charge on any atom is 0.336 e. The molecule has 0 saturated carbocycles. The molecule has 1 aliphatic heterocycles. The van der Waals surface area contributed by atoms with Crippen molar-refractivity contribution < 1.29 is 19.0 Å². The van der Waals surface area contributed by atoms with E-state index in [1.807, 2.05) is 18.2 Å². The number of hydrogen-bond acceptors (Lipinski definition) is 4. The second-order valence-corrected chi connectivity index (χ2v) is 3.86. The van der Waals surface area contributed by atoms with Crippen molar-refractivity contribution in [1.29, 1.82) is 0 Å². The van der Waals surface area contributed by atoms with Gasteiger partial charge in [0.05, 0.1) is 6.61 Å². The summed E-state index contributed by atoms with van der Waals surface area (Å²) in [5.74, 6) is 0.170. The van der Waals surface area contributed by atoms with Crippen molar-refractivity contribution in [3.05, 3.63) is 42.5 Å². The second-order valence-electron chi connectivity index (χ2n) is 3.86. The Morgan fingerprint density at radius 1 is 1.47 bits per heavy atom. The van der Waals surface area contributed by atoms with Gasteiger partial charge in [0, 0.05) is 5.57 Å². The third-order valence-electron chi connectivity index (χ3n) is 2.23. The van der Waals surface area contributed by atoms with Crippen molar-refractivity contribution in [2.45, 2.75) is 19.3 Å². The Morgan fingerprint density at radius 2 is 2.12 bits per heavy atom. The molecule has 1 saturated heterocycles. The summed E-state index contributed by atoms with van der Waals surface area (Å²) >= 11 is 0. The first kappa shape index (κ1) is 11.7. The molecule has 1 aromatic rings. The van der Waals surface area contributed by atoms with Gasteiger partial charge >= 0.3 is 5.97 Å². The van der Waals surface area contributed by atoms with Crippen molar-refractivity contribution in [3.8, 4) is 5.75 Å². The average Bonchev–Trinajstić information content (AvgIpc) is 3.13. The molecule has 1 heterocycles. The summed E-state index contributed by atoms with van der Waals surface area (Å²) < 4.78 is 15.8. The normalized spacial score (nSPS) is 19.2. The number of rotatable bonds is 5. The van der Waals surface area contributed by atoms with Crippen LogP contribution in [0.1, 0.15) is 6.92 Å². The van der Waals surface area contributed by atoms with E-state index in [0.29, 0.717) is 17.9 Å². The summed E-state index contributed by atoms with van der Waals surface area (Å²) in [4.78, 5) is 11.4. The molecule has 4 nitrogen and oxygen atoms in total. The Hall–Kier alpha value is -1.81. The van der Waals surface area contributed by atoms with Gasteiger partial charge in [-0.3, -0.25) is 0 Å². The largest absolute Gasteiger partial charge is 0.452 e. The van der Waals surface area contributed by atoms with E-state index in [4.69, 9.17) is 14.2 Å². The molecule has 0 amide bonds. The zero-order valence-corrected chi connectivity index (χ0v) is 9.59. The van der Waals surface area contributed by atoms with E-state index in [-0.39, 0.29) is 6.10 Å². The van der Waals surface area contributed by atoms with E-state index in [0.717, 1.165) is 0 Å². The highest BCUT2D eigenvalue weighted by Crippen LogP contribution is 2.22. The first-order valence-electron chi connectivity index (χ1n) is 5.36. The Kier molecular flexibility index (Phi) is 3.44. The van der Waals surface area contributed by atoms with Crippen LogP contribution < -0.4 is 4.74 Å². The van der Waals surface area contributed by atoms with Crippen LogP contribution in [0.4, 0.5) is 0 Å². The number of esters is 1. The molecule has 2 rings (SSSR count). The van der Waals surface area contributed by atoms with Crippen LogP contribution in [0.25, 0.3) is 0 Å². The third kappa shape index (κ3) is 3.32. The van der Waals surface area contributed by atoms with Crippen LogP contribution in [-0.4, -0.2) is 25.0 Å². The first-order chi connectivity index (χ1) is 8.16. The van der Waals surface area contributed by atoms with Crippen molar-refractivity contribution in [2.24, 2.45) is 0 Å². The van der Waals surface area contributed by atoms with Crippen LogP contribution in [0.3, 0.4) is 0 Å². The first-order valence-corrected chi connectivity index (χ1v) is 5.36. The SMILES string of the molecule is C=C(C)C(=O)OC(Oc1ccccc1)C1CO1. The second kappa shape index (κ2) is 5.01. The van der Waals surface area contributed by atoms with E-state index in [2.05, 4.69) is 6.58 Å². The molecule has 0 aliphatic carbocycles. The zero-order valence-electron chi connectivity index (χ0n) is 9.59. The summed E-state index contributed by atoms with van der Waals surface area (Å²) in [6.07, 6.45) is -0.889. The topological polar surface area (TPSA) is 48.1 Å². The van der Waals surface area contributed by atoms with Gasteiger partial charge in [-0.15, -0.1) is 0 Å². The Morgan fingerprint density at radius 3 is 2.65 bits per heavy atom. The molecule has 0 aromatic heterocycles. The molecular formula is C13H14O4. The van der Waals surface area contributed by atoms with Gasteiger partial charge in [0.1, 0.15) is 5.75 Å². The third-order valence-corrected chi connectivity index (χ3v) is 2.23. The van der Waals surface area contributed by atoms with Gasteiger partial charge in [-0.25, -0.2) is 4.79 Å².